The molecule has 1 aromatic rings. The number of likely N-dealkylation sites (N-methyl/N-ethyl adjacent to an activating group) is 1. The van der Waals surface area contributed by atoms with Crippen molar-refractivity contribution in [3.63, 3.8) is 0 Å². The lowest BCUT2D eigenvalue weighted by Gasteiger charge is -2.28. The summed E-state index contributed by atoms with van der Waals surface area (Å²) in [5, 5.41) is 12.5. The highest BCUT2D eigenvalue weighted by molar-refractivity contribution is 5.44. The summed E-state index contributed by atoms with van der Waals surface area (Å²) in [6.07, 6.45) is 3.21. The molecular weight excluding hydrogens is 256 g/mol. The molecule has 1 aliphatic heterocycles. The topological polar surface area (TPSA) is 77.4 Å². The first-order valence-corrected chi connectivity index (χ1v) is 7.18. The second-order valence-corrected chi connectivity index (χ2v) is 5.29. The molecule has 1 saturated heterocycles. The van der Waals surface area contributed by atoms with Crippen molar-refractivity contribution >= 4 is 17.8 Å². The molecule has 0 saturated carbocycles. The molecule has 1 unspecified atom stereocenters. The van der Waals surface area contributed by atoms with Crippen molar-refractivity contribution < 1.29 is 5.11 Å². The molecule has 2 N–H and O–H groups in total. The lowest BCUT2D eigenvalue weighted by Crippen LogP contribution is -2.33. The van der Waals surface area contributed by atoms with Gasteiger partial charge in [-0.2, -0.15) is 15.0 Å². The molecule has 0 spiro atoms. The number of hydrogen-bond donors (Lipinski definition) is 2. The van der Waals surface area contributed by atoms with Gasteiger partial charge in [-0.25, -0.2) is 0 Å². The fraction of sp³-hybridized carbons (Fsp3) is 0.769. The first-order chi connectivity index (χ1) is 9.60. The van der Waals surface area contributed by atoms with E-state index in [2.05, 4.69) is 25.2 Å². The Bertz CT molecular complexity index is 433. The number of nitrogens with one attached hydrogen (secondary N) is 1. The number of hydrogen-bond acceptors (Lipinski definition) is 7. The van der Waals surface area contributed by atoms with Gasteiger partial charge in [-0.05, 0) is 26.2 Å². The Kier molecular flexibility index (Phi) is 4.94. The minimum atomic E-state index is -0.423. The zero-order chi connectivity index (χ0) is 14.5. The maximum atomic E-state index is 9.49. The lowest BCUT2D eigenvalue weighted by atomic mass is 10.1. The molecule has 0 radical (unpaired) electrons. The van der Waals surface area contributed by atoms with Crippen molar-refractivity contribution in [2.75, 3.05) is 48.8 Å². The standard InChI is InChI=1S/C13H24N6O/c1-10(20)9-18(3)12-15-11(14-2)16-13(17-12)19-7-5-4-6-8-19/h10,20H,4-9H2,1-3H3,(H,14,15,16,17). The first kappa shape index (κ1) is 14.8. The van der Waals surface area contributed by atoms with E-state index >= 15 is 0 Å². The van der Waals surface area contributed by atoms with Gasteiger partial charge in [0.05, 0.1) is 6.10 Å². The summed E-state index contributed by atoms with van der Waals surface area (Å²) in [4.78, 5) is 17.4. The molecule has 112 valence electrons. The zero-order valence-corrected chi connectivity index (χ0v) is 12.5. The van der Waals surface area contributed by atoms with Crippen LogP contribution in [0.1, 0.15) is 26.2 Å². The van der Waals surface area contributed by atoms with E-state index in [1.807, 2.05) is 11.9 Å². The van der Waals surface area contributed by atoms with Crippen molar-refractivity contribution in [3.8, 4) is 0 Å². The van der Waals surface area contributed by atoms with E-state index in [1.54, 1.807) is 14.0 Å². The van der Waals surface area contributed by atoms with Gasteiger partial charge in [0, 0.05) is 33.7 Å². The van der Waals surface area contributed by atoms with E-state index < -0.39 is 6.10 Å². The molecule has 1 fully saturated rings. The van der Waals surface area contributed by atoms with Crippen LogP contribution in [-0.2, 0) is 0 Å². The summed E-state index contributed by atoms with van der Waals surface area (Å²) in [6, 6.07) is 0. The minimum Gasteiger partial charge on any atom is -0.392 e. The molecule has 0 aliphatic carbocycles. The van der Waals surface area contributed by atoms with Crippen LogP contribution < -0.4 is 15.1 Å². The van der Waals surface area contributed by atoms with Crippen molar-refractivity contribution in [1.29, 1.82) is 0 Å². The molecule has 0 aromatic carbocycles. The molecule has 2 rings (SSSR count). The Morgan fingerprint density at radius 1 is 1.25 bits per heavy atom. The monoisotopic (exact) mass is 280 g/mol. The molecule has 7 heteroatoms. The van der Waals surface area contributed by atoms with E-state index in [1.165, 1.54) is 19.3 Å². The van der Waals surface area contributed by atoms with Crippen molar-refractivity contribution in [2.24, 2.45) is 0 Å². The quantitative estimate of drug-likeness (QED) is 0.823. The third-order valence-electron chi connectivity index (χ3n) is 3.35. The molecule has 1 atom stereocenters. The van der Waals surface area contributed by atoms with Crippen molar-refractivity contribution in [1.82, 2.24) is 15.0 Å². The highest BCUT2D eigenvalue weighted by Gasteiger charge is 2.17. The average Bonchev–Trinajstić information content (AvgIpc) is 2.47. The van der Waals surface area contributed by atoms with E-state index in [-0.39, 0.29) is 0 Å². The van der Waals surface area contributed by atoms with Crippen LogP contribution in [0.25, 0.3) is 0 Å². The van der Waals surface area contributed by atoms with E-state index in [0.717, 1.165) is 19.0 Å². The van der Waals surface area contributed by atoms with Crippen LogP contribution in [0.3, 0.4) is 0 Å². The summed E-state index contributed by atoms with van der Waals surface area (Å²) in [5.41, 5.74) is 0. The highest BCUT2D eigenvalue weighted by Crippen LogP contribution is 2.19. The number of rotatable bonds is 5. The fourth-order valence-electron chi connectivity index (χ4n) is 2.35. The van der Waals surface area contributed by atoms with Gasteiger partial charge in [-0.3, -0.25) is 0 Å². The number of piperidine rings is 1. The number of nitrogens with zero attached hydrogens (tertiary/aromatic N) is 5. The fourth-order valence-corrected chi connectivity index (χ4v) is 2.35. The second-order valence-electron chi connectivity index (χ2n) is 5.29. The van der Waals surface area contributed by atoms with E-state index in [4.69, 9.17) is 0 Å². The average molecular weight is 280 g/mol. The van der Waals surface area contributed by atoms with Gasteiger partial charge >= 0.3 is 0 Å². The zero-order valence-electron chi connectivity index (χ0n) is 12.5. The molecule has 0 bridgehead atoms. The van der Waals surface area contributed by atoms with Crippen LogP contribution in [0.15, 0.2) is 0 Å². The number of aliphatic hydroxyl groups is 1. The van der Waals surface area contributed by atoms with Gasteiger partial charge in [-0.15, -0.1) is 0 Å². The van der Waals surface area contributed by atoms with Gasteiger partial charge in [0.15, 0.2) is 0 Å². The predicted octanol–water partition coefficient (Wildman–Crippen LogP) is 0.721. The molecule has 20 heavy (non-hydrogen) atoms. The Balaban J connectivity index is 2.23. The smallest absolute Gasteiger partial charge is 0.231 e. The summed E-state index contributed by atoms with van der Waals surface area (Å²) >= 11 is 0. The van der Waals surface area contributed by atoms with Crippen LogP contribution in [-0.4, -0.2) is 59.9 Å². The van der Waals surface area contributed by atoms with Gasteiger partial charge in [0.1, 0.15) is 0 Å². The SMILES string of the molecule is CNc1nc(N(C)CC(C)O)nc(N2CCCCC2)n1. The van der Waals surface area contributed by atoms with E-state index in [9.17, 15) is 5.11 Å². The van der Waals surface area contributed by atoms with Gasteiger partial charge < -0.3 is 20.2 Å². The molecule has 1 aromatic heterocycles. The first-order valence-electron chi connectivity index (χ1n) is 7.18. The van der Waals surface area contributed by atoms with Crippen LogP contribution >= 0.6 is 0 Å². The molecule has 1 aliphatic rings. The second kappa shape index (κ2) is 6.69. The van der Waals surface area contributed by atoms with Gasteiger partial charge in [0.2, 0.25) is 17.8 Å². The highest BCUT2D eigenvalue weighted by atomic mass is 16.3. The Labute approximate surface area is 120 Å². The normalized spacial score (nSPS) is 16.9. The molecular formula is C13H24N6O. The summed E-state index contributed by atoms with van der Waals surface area (Å²) < 4.78 is 0. The maximum Gasteiger partial charge on any atom is 0.231 e. The van der Waals surface area contributed by atoms with E-state index in [0.29, 0.717) is 18.4 Å². The summed E-state index contributed by atoms with van der Waals surface area (Å²) in [6.45, 7) is 4.23. The summed E-state index contributed by atoms with van der Waals surface area (Å²) in [7, 11) is 3.68. The Morgan fingerprint density at radius 3 is 2.55 bits per heavy atom. The maximum absolute atomic E-state index is 9.49. The third kappa shape index (κ3) is 3.69. The number of aliphatic hydroxyl groups excluding tert-OH is 1. The van der Waals surface area contributed by atoms with Gasteiger partial charge in [0.25, 0.3) is 0 Å². The predicted molar refractivity (Wildman–Crippen MR) is 80.4 cm³/mol. The lowest BCUT2D eigenvalue weighted by molar-refractivity contribution is 0.201. The summed E-state index contributed by atoms with van der Waals surface area (Å²) in [5.74, 6) is 1.87. The molecule has 2 heterocycles. The van der Waals surface area contributed by atoms with Crippen LogP contribution in [0.4, 0.5) is 17.8 Å². The number of anilines is 3. The number of aromatic nitrogens is 3. The van der Waals surface area contributed by atoms with Crippen molar-refractivity contribution in [3.05, 3.63) is 0 Å². The third-order valence-corrected chi connectivity index (χ3v) is 3.35. The largest absolute Gasteiger partial charge is 0.392 e. The Hall–Kier alpha value is -1.63. The molecule has 0 amide bonds. The molecule has 7 nitrogen and oxygen atoms in total. The minimum absolute atomic E-state index is 0.423. The van der Waals surface area contributed by atoms with Gasteiger partial charge in [-0.1, -0.05) is 0 Å². The van der Waals surface area contributed by atoms with Crippen molar-refractivity contribution in [2.45, 2.75) is 32.3 Å². The van der Waals surface area contributed by atoms with Crippen LogP contribution in [0, 0.1) is 0 Å². The van der Waals surface area contributed by atoms with Crippen LogP contribution in [0.5, 0.6) is 0 Å². The van der Waals surface area contributed by atoms with Crippen LogP contribution in [0.2, 0.25) is 0 Å². The Morgan fingerprint density at radius 2 is 1.95 bits per heavy atom.